The molecule has 0 atom stereocenters. The Balaban J connectivity index is 1.27. The molecule has 0 amide bonds. The number of carbonyl (C=O) groups is 1. The number of ketones is 1. The van der Waals surface area contributed by atoms with Gasteiger partial charge in [0.25, 0.3) is 0 Å². The van der Waals surface area contributed by atoms with Crippen molar-refractivity contribution in [1.82, 2.24) is 29.9 Å². The average molecular weight is 410 g/mol. The van der Waals surface area contributed by atoms with Gasteiger partial charge in [-0.2, -0.15) is 0 Å². The number of rotatable bonds is 6. The molecule has 31 heavy (non-hydrogen) atoms. The summed E-state index contributed by atoms with van der Waals surface area (Å²) < 4.78 is 1.70. The zero-order valence-corrected chi connectivity index (χ0v) is 17.5. The van der Waals surface area contributed by atoms with Gasteiger partial charge in [0.05, 0.1) is 18.3 Å². The van der Waals surface area contributed by atoms with Crippen LogP contribution in [0.4, 0.5) is 0 Å². The van der Waals surface area contributed by atoms with Gasteiger partial charge in [-0.1, -0.05) is 17.3 Å². The second kappa shape index (κ2) is 7.75. The van der Waals surface area contributed by atoms with E-state index in [9.17, 15) is 4.79 Å². The summed E-state index contributed by atoms with van der Waals surface area (Å²) in [5.41, 5.74) is 6.49. The lowest BCUT2D eigenvalue weighted by atomic mass is 10.1. The number of benzene rings is 1. The predicted molar refractivity (Wildman–Crippen MR) is 119 cm³/mol. The van der Waals surface area contributed by atoms with E-state index in [0.717, 1.165) is 44.3 Å². The van der Waals surface area contributed by atoms with Crippen molar-refractivity contribution in [3.05, 3.63) is 83.1 Å². The molecule has 0 aliphatic rings. The Morgan fingerprint density at radius 1 is 1.13 bits per heavy atom. The maximum Gasteiger partial charge on any atom is 0.185 e. The van der Waals surface area contributed by atoms with E-state index in [4.69, 9.17) is 0 Å². The number of aromatic nitrogens is 6. The van der Waals surface area contributed by atoms with Crippen molar-refractivity contribution >= 4 is 27.7 Å². The fourth-order valence-corrected chi connectivity index (χ4v) is 3.81. The summed E-state index contributed by atoms with van der Waals surface area (Å²) in [7, 11) is 0. The number of nitrogens with one attached hydrogen (secondary N) is 1. The third kappa shape index (κ3) is 3.94. The number of carbonyl (C=O) groups excluding carboxylic acids is 1. The van der Waals surface area contributed by atoms with Gasteiger partial charge in [0.15, 0.2) is 5.78 Å². The van der Waals surface area contributed by atoms with Crippen LogP contribution in [0.3, 0.4) is 0 Å². The van der Waals surface area contributed by atoms with E-state index >= 15 is 0 Å². The van der Waals surface area contributed by atoms with Gasteiger partial charge < -0.3 is 4.98 Å². The quantitative estimate of drug-likeness (QED) is 0.424. The van der Waals surface area contributed by atoms with Crippen molar-refractivity contribution in [2.24, 2.45) is 0 Å². The van der Waals surface area contributed by atoms with E-state index in [-0.39, 0.29) is 5.78 Å². The molecule has 0 aliphatic carbocycles. The molecule has 0 fully saturated rings. The van der Waals surface area contributed by atoms with Crippen LogP contribution in [0.2, 0.25) is 0 Å². The van der Waals surface area contributed by atoms with Crippen LogP contribution in [0.5, 0.6) is 0 Å². The summed E-state index contributed by atoms with van der Waals surface area (Å²) >= 11 is 0. The number of nitrogens with zero attached hydrogens (tertiary/aromatic N) is 5. The highest BCUT2D eigenvalue weighted by Crippen LogP contribution is 2.20. The summed E-state index contributed by atoms with van der Waals surface area (Å²) in [5, 5.41) is 10.4. The van der Waals surface area contributed by atoms with E-state index in [0.29, 0.717) is 25.1 Å². The van der Waals surface area contributed by atoms with Gasteiger partial charge >= 0.3 is 0 Å². The van der Waals surface area contributed by atoms with Crippen LogP contribution in [0, 0.1) is 13.8 Å². The number of hydrogen-bond acceptors (Lipinski definition) is 5. The largest absolute Gasteiger partial charge is 0.346 e. The Bertz CT molecular complexity index is 1410. The maximum atomic E-state index is 12.7. The molecule has 4 aromatic heterocycles. The highest BCUT2D eigenvalue weighted by molar-refractivity contribution is 5.94. The lowest BCUT2D eigenvalue weighted by molar-refractivity contribution is 0.0978. The zero-order chi connectivity index (χ0) is 21.4. The second-order valence-electron chi connectivity index (χ2n) is 7.93. The molecule has 0 bridgehead atoms. The fraction of sp³-hybridized carbons (Fsp3) is 0.208. The number of pyridine rings is 2. The first-order valence-electron chi connectivity index (χ1n) is 10.3. The summed E-state index contributed by atoms with van der Waals surface area (Å²) in [6.07, 6.45) is 6.49. The maximum absolute atomic E-state index is 12.7. The molecule has 5 aromatic rings. The van der Waals surface area contributed by atoms with Crippen molar-refractivity contribution in [2.75, 3.05) is 0 Å². The molecule has 5 rings (SSSR count). The topological polar surface area (TPSA) is 89.4 Å². The van der Waals surface area contributed by atoms with Crippen molar-refractivity contribution in [3.63, 3.8) is 0 Å². The second-order valence-corrected chi connectivity index (χ2v) is 7.93. The summed E-state index contributed by atoms with van der Waals surface area (Å²) in [6, 6.07) is 12.3. The lowest BCUT2D eigenvalue weighted by Gasteiger charge is -2.04. The van der Waals surface area contributed by atoms with E-state index in [1.165, 1.54) is 0 Å². The van der Waals surface area contributed by atoms with Gasteiger partial charge in [0, 0.05) is 35.3 Å². The SMILES string of the molecule is Cc1cnc2[nH]cc(CCC(=O)c3cn(Cc4ccc5nc(C)ccc5c4)nn3)c2c1. The molecule has 0 unspecified atom stereocenters. The smallest absolute Gasteiger partial charge is 0.185 e. The molecule has 0 radical (unpaired) electrons. The first-order chi connectivity index (χ1) is 15.0. The minimum Gasteiger partial charge on any atom is -0.346 e. The van der Waals surface area contributed by atoms with Crippen LogP contribution < -0.4 is 0 Å². The van der Waals surface area contributed by atoms with Crippen molar-refractivity contribution in [1.29, 1.82) is 0 Å². The first kappa shape index (κ1) is 19.1. The number of aromatic amines is 1. The van der Waals surface area contributed by atoms with Gasteiger partial charge in [-0.05, 0) is 61.2 Å². The van der Waals surface area contributed by atoms with E-state index < -0.39 is 0 Å². The van der Waals surface area contributed by atoms with Gasteiger partial charge in [-0.3, -0.25) is 9.78 Å². The Labute approximate surface area is 179 Å². The van der Waals surface area contributed by atoms with Gasteiger partial charge in [0.1, 0.15) is 11.3 Å². The van der Waals surface area contributed by atoms with E-state index in [1.54, 1.807) is 10.9 Å². The monoisotopic (exact) mass is 410 g/mol. The van der Waals surface area contributed by atoms with Crippen molar-refractivity contribution in [2.45, 2.75) is 33.2 Å². The number of hydrogen-bond donors (Lipinski definition) is 1. The molecule has 0 spiro atoms. The third-order valence-corrected chi connectivity index (χ3v) is 5.44. The molecule has 1 N–H and O–H groups in total. The fourth-order valence-electron chi connectivity index (χ4n) is 3.81. The summed E-state index contributed by atoms with van der Waals surface area (Å²) in [4.78, 5) is 24.7. The van der Waals surface area contributed by atoms with E-state index in [2.05, 4.69) is 43.5 Å². The molecule has 7 nitrogen and oxygen atoms in total. The van der Waals surface area contributed by atoms with E-state index in [1.807, 2.05) is 44.4 Å². The summed E-state index contributed by atoms with van der Waals surface area (Å²) in [6.45, 7) is 4.55. The zero-order valence-electron chi connectivity index (χ0n) is 17.5. The molecule has 4 heterocycles. The Kier molecular flexibility index (Phi) is 4.78. The highest BCUT2D eigenvalue weighted by atomic mass is 16.1. The standard InChI is InChI=1S/C24H22N6O/c1-15-9-20-19(12-26-24(20)25-11-15)6-8-23(31)22-14-30(29-28-22)13-17-4-7-21-18(10-17)5-3-16(2)27-21/h3-5,7,9-12,14H,6,8,13H2,1-2H3,(H,25,26). The molecule has 0 saturated carbocycles. The van der Waals surface area contributed by atoms with Crippen LogP contribution in [0.15, 0.2) is 55.0 Å². The van der Waals surface area contributed by atoms with Gasteiger partial charge in [-0.25, -0.2) is 9.67 Å². The van der Waals surface area contributed by atoms with Crippen LogP contribution in [0.1, 0.15) is 39.3 Å². The average Bonchev–Trinajstić information content (AvgIpc) is 3.39. The Morgan fingerprint density at radius 3 is 2.94 bits per heavy atom. The summed E-state index contributed by atoms with van der Waals surface area (Å²) in [5.74, 6) is -0.0144. The normalized spacial score (nSPS) is 11.4. The number of aryl methyl sites for hydroxylation is 3. The predicted octanol–water partition coefficient (Wildman–Crippen LogP) is 4.18. The molecule has 0 saturated heterocycles. The third-order valence-electron chi connectivity index (χ3n) is 5.44. The number of Topliss-reactive ketones (excluding diaryl/α,β-unsaturated/α-hetero) is 1. The minimum atomic E-state index is -0.0144. The molecule has 0 aliphatic heterocycles. The number of H-pyrrole nitrogens is 1. The molecular weight excluding hydrogens is 388 g/mol. The molecular formula is C24H22N6O. The van der Waals surface area contributed by atoms with Crippen molar-refractivity contribution < 1.29 is 4.79 Å². The molecule has 154 valence electrons. The lowest BCUT2D eigenvalue weighted by Crippen LogP contribution is -2.02. The molecule has 1 aromatic carbocycles. The van der Waals surface area contributed by atoms with Crippen LogP contribution in [0.25, 0.3) is 21.9 Å². The van der Waals surface area contributed by atoms with Crippen molar-refractivity contribution in [3.8, 4) is 0 Å². The molecule has 7 heteroatoms. The Hall–Kier alpha value is -3.87. The first-order valence-corrected chi connectivity index (χ1v) is 10.3. The van der Waals surface area contributed by atoms with Crippen LogP contribution in [-0.2, 0) is 13.0 Å². The van der Waals surface area contributed by atoms with Crippen LogP contribution >= 0.6 is 0 Å². The number of fused-ring (bicyclic) bond motifs is 2. The van der Waals surface area contributed by atoms with Gasteiger partial charge in [0.2, 0.25) is 0 Å². The van der Waals surface area contributed by atoms with Crippen LogP contribution in [-0.4, -0.2) is 35.7 Å². The van der Waals surface area contributed by atoms with Gasteiger partial charge in [-0.15, -0.1) is 5.10 Å². The Morgan fingerprint density at radius 2 is 2.03 bits per heavy atom. The highest BCUT2D eigenvalue weighted by Gasteiger charge is 2.13. The minimum absolute atomic E-state index is 0.0144.